The largest absolute Gasteiger partial charge is 0.451 e. The predicted octanol–water partition coefficient (Wildman–Crippen LogP) is -1.20. The van der Waals surface area contributed by atoms with E-state index in [0.717, 1.165) is 0 Å². The molecule has 0 aliphatic heterocycles. The second-order valence-corrected chi connectivity index (χ2v) is 2.51. The molecule has 0 spiro atoms. The van der Waals surface area contributed by atoms with E-state index >= 15 is 0 Å². The van der Waals surface area contributed by atoms with Crippen LogP contribution in [0.5, 0.6) is 0 Å². The van der Waals surface area contributed by atoms with Crippen LogP contribution in [0, 0.1) is 0 Å². The molecule has 54 valence electrons. The summed E-state index contributed by atoms with van der Waals surface area (Å²) in [4.78, 5) is 25.5. The molecule has 0 unspecified atom stereocenters. The molecule has 0 saturated carbocycles. The molecular weight excluding hydrogens is 149 g/mol. The smallest absolute Gasteiger partial charge is 0.403 e. The van der Waals surface area contributed by atoms with Gasteiger partial charge in [-0.2, -0.15) is 5.09 Å². The van der Waals surface area contributed by atoms with Crippen LogP contribution in [0.25, 0.3) is 0 Å². The highest BCUT2D eigenvalue weighted by Crippen LogP contribution is 2.26. The van der Waals surface area contributed by atoms with Crippen LogP contribution in [-0.4, -0.2) is 23.0 Å². The number of ether oxygens (including phenoxy) is 1. The van der Waals surface area contributed by atoms with Crippen molar-refractivity contribution in [2.75, 3.05) is 6.73 Å². The third-order valence-corrected chi connectivity index (χ3v) is 0.963. The van der Waals surface area contributed by atoms with Crippen molar-refractivity contribution in [1.82, 2.24) is 5.09 Å². The van der Waals surface area contributed by atoms with Crippen LogP contribution in [0.15, 0.2) is 0 Å². The van der Waals surface area contributed by atoms with Gasteiger partial charge in [0.05, 0.1) is 0 Å². The van der Waals surface area contributed by atoms with E-state index in [1.54, 1.807) is 5.09 Å². The van der Waals surface area contributed by atoms with Crippen molar-refractivity contribution in [2.45, 2.75) is 0 Å². The van der Waals surface area contributed by atoms with E-state index in [-0.39, 0.29) is 6.47 Å². The number of hydrogen-bond acceptors (Lipinski definition) is 3. The van der Waals surface area contributed by atoms with Gasteiger partial charge in [-0.25, -0.2) is 4.57 Å². The lowest BCUT2D eigenvalue weighted by Gasteiger charge is -2.02. The molecule has 9 heavy (non-hydrogen) atoms. The Morgan fingerprint density at radius 2 is 2.22 bits per heavy atom. The van der Waals surface area contributed by atoms with Crippen molar-refractivity contribution in [3.8, 4) is 0 Å². The Labute approximate surface area is 51.0 Å². The normalized spacial score (nSPS) is 10.9. The molecule has 6 nitrogen and oxygen atoms in total. The number of rotatable bonds is 4. The van der Waals surface area contributed by atoms with Crippen LogP contribution < -0.4 is 5.09 Å². The van der Waals surface area contributed by atoms with Crippen LogP contribution >= 0.6 is 7.75 Å². The summed E-state index contributed by atoms with van der Waals surface area (Å²) in [7, 11) is -4.23. The lowest BCUT2D eigenvalue weighted by atomic mass is 11.3. The average Bonchev–Trinajstić information content (AvgIpc) is 1.63. The molecule has 7 heteroatoms. The zero-order valence-corrected chi connectivity index (χ0v) is 5.25. The third-order valence-electron chi connectivity index (χ3n) is 0.422. The fourth-order valence-electron chi connectivity index (χ4n) is 0.155. The lowest BCUT2D eigenvalue weighted by Crippen LogP contribution is -2.13. The Balaban J connectivity index is 3.28. The quantitative estimate of drug-likeness (QED) is 0.204. The van der Waals surface area contributed by atoms with Gasteiger partial charge < -0.3 is 14.5 Å². The van der Waals surface area contributed by atoms with Gasteiger partial charge in [-0.3, -0.25) is 4.79 Å². The molecule has 0 radical (unpaired) electrons. The Morgan fingerprint density at radius 3 is 2.56 bits per heavy atom. The summed E-state index contributed by atoms with van der Waals surface area (Å²) in [5.41, 5.74) is 0. The molecule has 0 aliphatic carbocycles. The maximum atomic E-state index is 9.89. The monoisotopic (exact) mass is 155 g/mol. The highest BCUT2D eigenvalue weighted by molar-refractivity contribution is 7.49. The first-order valence-electron chi connectivity index (χ1n) is 1.92. The van der Waals surface area contributed by atoms with Crippen LogP contribution in [-0.2, 0) is 14.1 Å². The minimum atomic E-state index is -4.23. The van der Waals surface area contributed by atoms with E-state index in [2.05, 4.69) is 4.74 Å². The fraction of sp³-hybridized carbons (Fsp3) is 0.500. The molecule has 0 saturated heterocycles. The van der Waals surface area contributed by atoms with Gasteiger partial charge in [0, 0.05) is 0 Å². The van der Waals surface area contributed by atoms with E-state index in [0.29, 0.717) is 0 Å². The Morgan fingerprint density at radius 1 is 1.67 bits per heavy atom. The minimum Gasteiger partial charge on any atom is -0.451 e. The molecule has 0 bridgehead atoms. The summed E-state index contributed by atoms with van der Waals surface area (Å²) in [6.07, 6.45) is 0. The maximum absolute atomic E-state index is 9.89. The summed E-state index contributed by atoms with van der Waals surface area (Å²) in [6.45, 7) is -0.392. The standard InChI is InChI=1S/C2H6NO5P/c4-2-8-1-3-9(5,6)7/h2H,1H2,(H3,3,5,6,7). The summed E-state index contributed by atoms with van der Waals surface area (Å²) >= 11 is 0. The molecule has 0 aromatic carbocycles. The molecular formula is C2H6NO5P. The molecule has 0 amide bonds. The van der Waals surface area contributed by atoms with Gasteiger partial charge in [0.25, 0.3) is 6.47 Å². The molecule has 0 aromatic rings. The fourth-order valence-corrected chi connectivity index (χ4v) is 0.398. The zero-order chi connectivity index (χ0) is 7.33. The second-order valence-electron chi connectivity index (χ2n) is 1.11. The van der Waals surface area contributed by atoms with E-state index in [9.17, 15) is 9.36 Å². The van der Waals surface area contributed by atoms with Crippen LogP contribution in [0.2, 0.25) is 0 Å². The Kier molecular flexibility index (Phi) is 3.41. The van der Waals surface area contributed by atoms with Crippen molar-refractivity contribution >= 4 is 14.2 Å². The Bertz CT molecular complexity index is 129. The summed E-state index contributed by atoms with van der Waals surface area (Å²) in [5, 5.41) is 1.64. The molecule has 0 aromatic heterocycles. The first-order valence-corrected chi connectivity index (χ1v) is 3.53. The van der Waals surface area contributed by atoms with Gasteiger partial charge >= 0.3 is 7.75 Å². The SMILES string of the molecule is O=COCNP(=O)(O)O. The molecule has 3 N–H and O–H groups in total. The van der Waals surface area contributed by atoms with Crippen molar-refractivity contribution < 1.29 is 23.9 Å². The minimum absolute atomic E-state index is 0.0860. The van der Waals surface area contributed by atoms with Crippen molar-refractivity contribution in [3.05, 3.63) is 0 Å². The molecule has 0 fully saturated rings. The van der Waals surface area contributed by atoms with Gasteiger partial charge in [-0.05, 0) is 0 Å². The highest BCUT2D eigenvalue weighted by atomic mass is 31.2. The molecule has 0 rings (SSSR count). The second kappa shape index (κ2) is 3.58. The first-order chi connectivity index (χ1) is 4.06. The third kappa shape index (κ3) is 7.58. The Hall–Kier alpha value is -0.420. The van der Waals surface area contributed by atoms with Gasteiger partial charge in [-0.1, -0.05) is 0 Å². The molecule has 0 aliphatic rings. The molecule has 0 atom stereocenters. The van der Waals surface area contributed by atoms with Crippen molar-refractivity contribution in [3.63, 3.8) is 0 Å². The molecule has 0 heterocycles. The van der Waals surface area contributed by atoms with E-state index in [4.69, 9.17) is 9.79 Å². The van der Waals surface area contributed by atoms with Crippen LogP contribution in [0.1, 0.15) is 0 Å². The zero-order valence-electron chi connectivity index (χ0n) is 4.35. The summed E-state index contributed by atoms with van der Waals surface area (Å²) in [5.74, 6) is 0. The summed E-state index contributed by atoms with van der Waals surface area (Å²) in [6, 6.07) is 0. The van der Waals surface area contributed by atoms with Crippen molar-refractivity contribution in [1.29, 1.82) is 0 Å². The number of carbonyl (C=O) groups excluding carboxylic acids is 1. The average molecular weight is 155 g/mol. The van der Waals surface area contributed by atoms with Crippen molar-refractivity contribution in [2.24, 2.45) is 0 Å². The van der Waals surface area contributed by atoms with Crippen LogP contribution in [0.3, 0.4) is 0 Å². The van der Waals surface area contributed by atoms with Crippen LogP contribution in [0.4, 0.5) is 0 Å². The summed E-state index contributed by atoms with van der Waals surface area (Å²) < 4.78 is 13.8. The lowest BCUT2D eigenvalue weighted by molar-refractivity contribution is -0.128. The first kappa shape index (κ1) is 8.58. The number of nitrogens with one attached hydrogen (secondary N) is 1. The van der Waals surface area contributed by atoms with E-state index in [1.807, 2.05) is 0 Å². The van der Waals surface area contributed by atoms with Gasteiger partial charge in [0.1, 0.15) is 0 Å². The topological polar surface area (TPSA) is 95.9 Å². The predicted molar refractivity (Wildman–Crippen MR) is 27.2 cm³/mol. The van der Waals surface area contributed by atoms with E-state index < -0.39 is 14.5 Å². The number of carbonyl (C=O) groups is 1. The van der Waals surface area contributed by atoms with Gasteiger partial charge in [-0.15, -0.1) is 0 Å². The van der Waals surface area contributed by atoms with E-state index in [1.165, 1.54) is 0 Å². The maximum Gasteiger partial charge on any atom is 0.403 e. The van der Waals surface area contributed by atoms with Gasteiger partial charge in [0.2, 0.25) is 0 Å². The highest BCUT2D eigenvalue weighted by Gasteiger charge is 2.09. The van der Waals surface area contributed by atoms with Gasteiger partial charge in [0.15, 0.2) is 6.73 Å². The number of hydrogen-bond donors (Lipinski definition) is 3.